The van der Waals surface area contributed by atoms with E-state index in [1.165, 1.54) is 0 Å². The smallest absolute Gasteiger partial charge is 0.355 e. The third-order valence-electron chi connectivity index (χ3n) is 4.17. The lowest BCUT2D eigenvalue weighted by atomic mass is 10.1. The summed E-state index contributed by atoms with van der Waals surface area (Å²) >= 11 is 0. The van der Waals surface area contributed by atoms with Gasteiger partial charge in [-0.05, 0) is 58.7 Å². The fourth-order valence-electron chi connectivity index (χ4n) is 3.05. The quantitative estimate of drug-likeness (QED) is 0.655. The Balaban J connectivity index is 2.30. The summed E-state index contributed by atoms with van der Waals surface area (Å²) in [6.07, 6.45) is 0.499. The number of aromatic nitrogens is 2. The lowest BCUT2D eigenvalue weighted by molar-refractivity contribution is 0.00621. The molecule has 0 spiro atoms. The molecule has 7 heteroatoms. The summed E-state index contributed by atoms with van der Waals surface area (Å²) in [5, 5.41) is 3.28. The van der Waals surface area contributed by atoms with Crippen molar-refractivity contribution >= 4 is 11.9 Å². The van der Waals surface area contributed by atoms with Gasteiger partial charge in [-0.15, -0.1) is 0 Å². The number of H-pyrrole nitrogens is 1. The number of hydrogen-bond donors (Lipinski definition) is 2. The molecule has 0 amide bonds. The molecule has 0 aliphatic heterocycles. The van der Waals surface area contributed by atoms with Crippen molar-refractivity contribution in [1.29, 1.82) is 0 Å². The van der Waals surface area contributed by atoms with Gasteiger partial charge in [0.15, 0.2) is 0 Å². The molecule has 0 unspecified atom stereocenters. The Morgan fingerprint density at radius 1 is 1.14 bits per heavy atom. The maximum absolute atomic E-state index is 12.7. The number of ether oxygens (including phenoxy) is 2. The van der Waals surface area contributed by atoms with Crippen LogP contribution in [0.3, 0.4) is 0 Å². The third kappa shape index (κ3) is 6.15. The average Bonchev–Trinajstić information content (AvgIpc) is 2.99. The Bertz CT molecular complexity index is 865. The minimum atomic E-state index is -0.632. The topological polar surface area (TPSA) is 93.3 Å². The minimum Gasteiger partial charge on any atom is -0.462 e. The molecule has 0 atom stereocenters. The highest BCUT2D eigenvalue weighted by atomic mass is 16.6. The molecule has 2 aromatic heterocycles. The summed E-state index contributed by atoms with van der Waals surface area (Å²) < 4.78 is 10.7. The Kier molecular flexibility index (Phi) is 7.56. The van der Waals surface area contributed by atoms with Gasteiger partial charge in [-0.2, -0.15) is 0 Å². The van der Waals surface area contributed by atoms with E-state index < -0.39 is 17.5 Å². The predicted molar refractivity (Wildman–Crippen MR) is 111 cm³/mol. The number of carbonyl (C=O) groups is 2. The average molecular weight is 402 g/mol. The van der Waals surface area contributed by atoms with Crippen LogP contribution < -0.4 is 5.32 Å². The van der Waals surface area contributed by atoms with Crippen molar-refractivity contribution in [3.63, 3.8) is 0 Å². The first-order chi connectivity index (χ1) is 13.7. The zero-order chi connectivity index (χ0) is 21.6. The summed E-state index contributed by atoms with van der Waals surface area (Å²) in [5.41, 5.74) is 3.13. The predicted octanol–water partition coefficient (Wildman–Crippen LogP) is 3.70. The van der Waals surface area contributed by atoms with Gasteiger partial charge in [-0.3, -0.25) is 4.98 Å². The molecular formula is C22H31N3O4. The third-order valence-corrected chi connectivity index (χ3v) is 4.17. The molecule has 0 aromatic carbocycles. The highest BCUT2D eigenvalue weighted by molar-refractivity contribution is 5.98. The Labute approximate surface area is 172 Å². The minimum absolute atomic E-state index is 0.259. The van der Waals surface area contributed by atoms with Gasteiger partial charge in [-0.25, -0.2) is 9.59 Å². The van der Waals surface area contributed by atoms with Crippen molar-refractivity contribution in [3.05, 3.63) is 52.1 Å². The van der Waals surface area contributed by atoms with E-state index in [1.807, 2.05) is 52.8 Å². The summed E-state index contributed by atoms with van der Waals surface area (Å²) in [7, 11) is 0. The number of carbonyl (C=O) groups excluding carboxylic acids is 2. The number of hydrogen-bond acceptors (Lipinski definition) is 6. The van der Waals surface area contributed by atoms with Crippen molar-refractivity contribution in [1.82, 2.24) is 15.3 Å². The second-order valence-electron chi connectivity index (χ2n) is 7.78. The second kappa shape index (κ2) is 9.69. The Morgan fingerprint density at radius 3 is 2.45 bits per heavy atom. The molecule has 0 fully saturated rings. The van der Waals surface area contributed by atoms with Crippen LogP contribution in [0, 0.1) is 6.92 Å². The van der Waals surface area contributed by atoms with Crippen LogP contribution in [-0.4, -0.2) is 34.1 Å². The number of nitrogens with one attached hydrogen (secondary N) is 2. The van der Waals surface area contributed by atoms with Crippen LogP contribution >= 0.6 is 0 Å². The lowest BCUT2D eigenvalue weighted by Crippen LogP contribution is -2.24. The van der Waals surface area contributed by atoms with Crippen LogP contribution in [0.4, 0.5) is 0 Å². The zero-order valence-electron chi connectivity index (χ0n) is 18.1. The zero-order valence-corrected chi connectivity index (χ0v) is 18.1. The van der Waals surface area contributed by atoms with Crippen LogP contribution in [0.25, 0.3) is 0 Å². The molecule has 0 aliphatic rings. The van der Waals surface area contributed by atoms with E-state index in [2.05, 4.69) is 15.3 Å². The lowest BCUT2D eigenvalue weighted by Gasteiger charge is -2.19. The van der Waals surface area contributed by atoms with Crippen LogP contribution in [0.5, 0.6) is 0 Å². The van der Waals surface area contributed by atoms with E-state index in [1.54, 1.807) is 6.92 Å². The molecule has 2 rings (SSSR count). The first-order valence-corrected chi connectivity index (χ1v) is 9.93. The fraction of sp³-hybridized carbons (Fsp3) is 0.500. The fourth-order valence-corrected chi connectivity index (χ4v) is 3.05. The van der Waals surface area contributed by atoms with Gasteiger partial charge in [-0.1, -0.05) is 13.0 Å². The summed E-state index contributed by atoms with van der Waals surface area (Å²) in [5.74, 6) is -0.924. The molecule has 7 nitrogen and oxygen atoms in total. The van der Waals surface area contributed by atoms with Gasteiger partial charge in [0.25, 0.3) is 0 Å². The van der Waals surface area contributed by atoms with Crippen LogP contribution in [-0.2, 0) is 29.0 Å². The van der Waals surface area contributed by atoms with Gasteiger partial charge in [0, 0.05) is 24.5 Å². The van der Waals surface area contributed by atoms with Crippen molar-refractivity contribution in [3.8, 4) is 0 Å². The number of pyridine rings is 1. The van der Waals surface area contributed by atoms with E-state index in [0.717, 1.165) is 11.4 Å². The number of aromatic amines is 1. The van der Waals surface area contributed by atoms with Crippen molar-refractivity contribution in [2.45, 2.75) is 66.7 Å². The number of nitrogens with zero attached hydrogens (tertiary/aromatic N) is 1. The number of aryl methyl sites for hydroxylation is 1. The van der Waals surface area contributed by atoms with Gasteiger partial charge < -0.3 is 19.8 Å². The first kappa shape index (κ1) is 22.6. The van der Waals surface area contributed by atoms with Crippen LogP contribution in [0.15, 0.2) is 18.2 Å². The maximum atomic E-state index is 12.7. The summed E-state index contributed by atoms with van der Waals surface area (Å²) in [4.78, 5) is 32.9. The highest BCUT2D eigenvalue weighted by Gasteiger charge is 2.29. The van der Waals surface area contributed by atoms with Crippen molar-refractivity contribution in [2.24, 2.45) is 0 Å². The van der Waals surface area contributed by atoms with E-state index in [0.29, 0.717) is 42.0 Å². The van der Waals surface area contributed by atoms with Crippen molar-refractivity contribution < 1.29 is 19.1 Å². The van der Waals surface area contributed by atoms with E-state index in [4.69, 9.17) is 9.47 Å². The molecule has 29 heavy (non-hydrogen) atoms. The molecule has 0 aliphatic carbocycles. The highest BCUT2D eigenvalue weighted by Crippen LogP contribution is 2.24. The molecule has 2 aromatic rings. The molecule has 2 N–H and O–H groups in total. The number of rotatable bonds is 8. The van der Waals surface area contributed by atoms with Crippen molar-refractivity contribution in [2.75, 3.05) is 6.61 Å². The van der Waals surface area contributed by atoms with Crippen LogP contribution in [0.1, 0.15) is 78.1 Å². The van der Waals surface area contributed by atoms with E-state index in [9.17, 15) is 9.59 Å². The van der Waals surface area contributed by atoms with Gasteiger partial charge in [0.1, 0.15) is 11.3 Å². The van der Waals surface area contributed by atoms with E-state index >= 15 is 0 Å². The van der Waals surface area contributed by atoms with E-state index in [-0.39, 0.29) is 6.61 Å². The molecule has 0 bridgehead atoms. The second-order valence-corrected chi connectivity index (χ2v) is 7.78. The molecule has 158 valence electrons. The largest absolute Gasteiger partial charge is 0.462 e. The monoisotopic (exact) mass is 401 g/mol. The number of esters is 2. The standard InChI is InChI=1S/C22H31N3O4/c1-7-16-18(20(26)28-8-2)17(25-19(16)21(27)29-22(4,5)6)13-23-12-15-11-9-10-14(3)24-15/h9-11,23,25H,7-8,12-13H2,1-6H3. The van der Waals surface area contributed by atoms with Gasteiger partial charge in [0.2, 0.25) is 0 Å². The molecule has 0 saturated carbocycles. The summed E-state index contributed by atoms with van der Waals surface area (Å²) in [6, 6.07) is 5.83. The Hall–Kier alpha value is -2.67. The molecule has 0 radical (unpaired) electrons. The molecular weight excluding hydrogens is 370 g/mol. The first-order valence-electron chi connectivity index (χ1n) is 9.93. The van der Waals surface area contributed by atoms with Gasteiger partial charge >= 0.3 is 11.9 Å². The summed E-state index contributed by atoms with van der Waals surface area (Å²) in [6.45, 7) is 12.2. The SMILES string of the molecule is CCOC(=O)c1c(CNCc2cccc(C)n2)[nH]c(C(=O)OC(C)(C)C)c1CC. The Morgan fingerprint density at radius 2 is 1.86 bits per heavy atom. The maximum Gasteiger partial charge on any atom is 0.355 e. The van der Waals surface area contributed by atoms with Gasteiger partial charge in [0.05, 0.1) is 17.9 Å². The normalized spacial score (nSPS) is 11.4. The van der Waals surface area contributed by atoms with Crippen LogP contribution in [0.2, 0.25) is 0 Å². The molecule has 2 heterocycles. The molecule has 0 saturated heterocycles.